The second-order valence-electron chi connectivity index (χ2n) is 12.5. The molecule has 0 radical (unpaired) electrons. The van der Waals surface area contributed by atoms with Crippen molar-refractivity contribution in [2.24, 2.45) is 17.3 Å². The lowest BCUT2D eigenvalue weighted by atomic mass is 9.64. The molecule has 0 amide bonds. The molecule has 0 bridgehead atoms. The molecule has 2 saturated heterocycles. The van der Waals surface area contributed by atoms with E-state index in [-0.39, 0.29) is 6.04 Å². The Morgan fingerprint density at radius 3 is 2.75 bits per heavy atom. The van der Waals surface area contributed by atoms with Crippen LogP contribution >= 0.6 is 34.5 Å². The lowest BCUT2D eigenvalue weighted by Crippen LogP contribution is -2.66. The van der Waals surface area contributed by atoms with E-state index in [2.05, 4.69) is 22.2 Å². The number of quaternary nitrogens is 1. The Morgan fingerprint density at radius 1 is 1.30 bits per heavy atom. The molecular formula is C29H35Cl2FN5O2S+. The monoisotopic (exact) mass is 606 g/mol. The molecule has 1 aliphatic carbocycles. The maximum absolute atomic E-state index is 14.9. The van der Waals surface area contributed by atoms with Crippen LogP contribution in [-0.2, 0) is 4.79 Å². The van der Waals surface area contributed by atoms with E-state index >= 15 is 0 Å². The van der Waals surface area contributed by atoms with Crippen LogP contribution in [0.1, 0.15) is 51.1 Å². The van der Waals surface area contributed by atoms with Gasteiger partial charge < -0.3 is 19.8 Å². The van der Waals surface area contributed by atoms with Crippen molar-refractivity contribution in [2.45, 2.75) is 51.6 Å². The fourth-order valence-electron chi connectivity index (χ4n) is 6.98. The number of nitrogens with one attached hydrogen (secondary N) is 1. The number of thiazole rings is 1. The molecule has 2 N–H and O–H groups in total. The van der Waals surface area contributed by atoms with Gasteiger partial charge >= 0.3 is 5.97 Å². The highest BCUT2D eigenvalue weighted by molar-refractivity contribution is 7.22. The third-order valence-electron chi connectivity index (χ3n) is 9.68. The number of halogens is 3. The molecule has 3 aliphatic rings. The van der Waals surface area contributed by atoms with Crippen molar-refractivity contribution in [3.05, 3.63) is 46.0 Å². The number of hydrogen-bond donors (Lipinski definition) is 2. The molecule has 6 rings (SSSR count). The number of anilines is 2. The zero-order valence-electron chi connectivity index (χ0n) is 23.0. The molecule has 7 nitrogen and oxygen atoms in total. The van der Waals surface area contributed by atoms with Gasteiger partial charge in [-0.05, 0) is 44.4 Å². The smallest absolute Gasteiger partial charge is 0.309 e. The van der Waals surface area contributed by atoms with Crippen molar-refractivity contribution in [3.8, 4) is 0 Å². The predicted molar refractivity (Wildman–Crippen MR) is 159 cm³/mol. The molecule has 11 heteroatoms. The van der Waals surface area contributed by atoms with Crippen molar-refractivity contribution < 1.29 is 18.8 Å². The van der Waals surface area contributed by atoms with Crippen LogP contribution < -0.4 is 10.2 Å². The maximum Gasteiger partial charge on any atom is 0.309 e. The van der Waals surface area contributed by atoms with Gasteiger partial charge in [0.25, 0.3) is 0 Å². The number of piperidine rings is 1. The molecule has 1 saturated carbocycles. The Hall–Kier alpha value is -2.20. The Kier molecular flexibility index (Phi) is 7.17. The maximum atomic E-state index is 14.9. The summed E-state index contributed by atoms with van der Waals surface area (Å²) in [5.74, 6) is -0.000906. The zero-order valence-corrected chi connectivity index (χ0v) is 25.3. The largest absolute Gasteiger partial charge is 0.481 e. The van der Waals surface area contributed by atoms with Gasteiger partial charge in [-0.3, -0.25) is 4.79 Å². The molecular weight excluding hydrogens is 572 g/mol. The molecule has 214 valence electrons. The minimum absolute atomic E-state index is 0.256. The van der Waals surface area contributed by atoms with E-state index in [1.165, 1.54) is 30.4 Å². The van der Waals surface area contributed by atoms with Crippen LogP contribution in [0.3, 0.4) is 0 Å². The van der Waals surface area contributed by atoms with Gasteiger partial charge in [-0.2, -0.15) is 4.39 Å². The second kappa shape index (κ2) is 10.3. The van der Waals surface area contributed by atoms with Crippen LogP contribution in [0.15, 0.2) is 24.4 Å². The molecule has 1 aromatic carbocycles. The third kappa shape index (κ3) is 4.93. The van der Waals surface area contributed by atoms with Crippen LogP contribution in [-0.4, -0.2) is 64.8 Å². The fourth-order valence-corrected chi connectivity index (χ4v) is 8.61. The SMILES string of the molecule is C[C@@H](Nc1c(F)ncc2nc(N3CC([C@H]4CCC[N+](C)(C5CC(C)(C(=O)O)C5)C4)C3)sc12)c1ccc(Cl)cc1Cl. The van der Waals surface area contributed by atoms with Crippen molar-refractivity contribution in [1.29, 1.82) is 0 Å². The van der Waals surface area contributed by atoms with E-state index in [9.17, 15) is 14.3 Å². The molecule has 2 aromatic heterocycles. The van der Waals surface area contributed by atoms with Crippen LogP contribution in [0.2, 0.25) is 10.0 Å². The van der Waals surface area contributed by atoms with E-state index in [4.69, 9.17) is 28.2 Å². The van der Waals surface area contributed by atoms with E-state index in [0.717, 1.165) is 58.9 Å². The number of aliphatic carboxylic acids is 1. The molecule has 2 aliphatic heterocycles. The number of rotatable bonds is 7. The van der Waals surface area contributed by atoms with E-state index in [0.29, 0.717) is 39.1 Å². The van der Waals surface area contributed by atoms with Crippen molar-refractivity contribution in [3.63, 3.8) is 0 Å². The summed E-state index contributed by atoms with van der Waals surface area (Å²) in [6.07, 6.45) is 5.47. The van der Waals surface area contributed by atoms with Crippen LogP contribution in [0.4, 0.5) is 15.2 Å². The van der Waals surface area contributed by atoms with Gasteiger partial charge in [-0.15, -0.1) is 0 Å². The molecule has 4 heterocycles. The van der Waals surface area contributed by atoms with Gasteiger partial charge in [0, 0.05) is 47.8 Å². The van der Waals surface area contributed by atoms with E-state index in [1.54, 1.807) is 12.1 Å². The summed E-state index contributed by atoms with van der Waals surface area (Å²) >= 11 is 13.9. The quantitative estimate of drug-likeness (QED) is 0.226. The number of aromatic nitrogens is 2. The average Bonchev–Trinajstić information content (AvgIpc) is 3.26. The first-order chi connectivity index (χ1) is 19.0. The molecule has 3 fully saturated rings. The number of carboxylic acid groups (broad SMARTS) is 1. The van der Waals surface area contributed by atoms with Gasteiger partial charge in [-0.25, -0.2) is 9.97 Å². The van der Waals surface area contributed by atoms with E-state index < -0.39 is 17.3 Å². The number of carbonyl (C=O) groups is 1. The van der Waals surface area contributed by atoms with Gasteiger partial charge in [-0.1, -0.05) is 40.6 Å². The highest BCUT2D eigenvalue weighted by atomic mass is 35.5. The fraction of sp³-hybridized carbons (Fsp3) is 0.552. The minimum atomic E-state index is -0.661. The van der Waals surface area contributed by atoms with Crippen molar-refractivity contribution in [2.75, 3.05) is 43.4 Å². The number of likely N-dealkylation sites (tertiary alicyclic amines) is 1. The summed E-state index contributed by atoms with van der Waals surface area (Å²) in [5, 5.41) is 14.8. The predicted octanol–water partition coefficient (Wildman–Crippen LogP) is 6.86. The molecule has 1 unspecified atom stereocenters. The van der Waals surface area contributed by atoms with Crippen LogP contribution in [0.5, 0.6) is 0 Å². The molecule has 3 aromatic rings. The summed E-state index contributed by atoms with van der Waals surface area (Å²) in [4.78, 5) is 22.7. The molecule has 0 spiro atoms. The van der Waals surface area contributed by atoms with Gasteiger partial charge in [0.2, 0.25) is 5.95 Å². The molecule has 3 atom stereocenters. The Morgan fingerprint density at radius 2 is 2.05 bits per heavy atom. The van der Waals surface area contributed by atoms with Gasteiger partial charge in [0.05, 0.1) is 48.5 Å². The number of carboxylic acids is 1. The normalized spacial score (nSPS) is 29.6. The number of nitrogens with zero attached hydrogens (tertiary/aromatic N) is 4. The Labute approximate surface area is 247 Å². The van der Waals surface area contributed by atoms with Crippen LogP contribution in [0, 0.1) is 23.2 Å². The lowest BCUT2D eigenvalue weighted by Gasteiger charge is -2.56. The Balaban J connectivity index is 1.13. The first-order valence-corrected chi connectivity index (χ1v) is 15.5. The summed E-state index contributed by atoms with van der Waals surface area (Å²) in [6.45, 7) is 7.95. The lowest BCUT2D eigenvalue weighted by molar-refractivity contribution is -0.949. The summed E-state index contributed by atoms with van der Waals surface area (Å²) in [6, 6.07) is 5.49. The minimum Gasteiger partial charge on any atom is -0.481 e. The topological polar surface area (TPSA) is 78.4 Å². The third-order valence-corrected chi connectivity index (χ3v) is 11.4. The standard InChI is InChI=1S/C29H34Cl2FN5O2S/c1-16(21-7-6-19(30)9-22(21)31)34-24-25-23(12-33-26(24)32)35-28(40-25)36-13-18(14-36)17-5-4-8-37(3,15-17)20-10-29(2,11-20)27(38)39/h6-7,9,12,16-18,20,34H,4-5,8,10-11,13-15H2,1-3H3/p+1/t16-,17+,20?,29?,37?/m1/s1. The summed E-state index contributed by atoms with van der Waals surface area (Å²) in [5.41, 5.74) is 1.28. The first-order valence-electron chi connectivity index (χ1n) is 13.9. The van der Waals surface area contributed by atoms with Gasteiger partial charge in [0.1, 0.15) is 11.2 Å². The van der Waals surface area contributed by atoms with Gasteiger partial charge in [0.15, 0.2) is 5.13 Å². The number of hydrogen-bond acceptors (Lipinski definition) is 6. The molecule has 40 heavy (non-hydrogen) atoms. The number of pyridine rings is 1. The Bertz CT molecular complexity index is 1460. The van der Waals surface area contributed by atoms with Crippen molar-refractivity contribution in [1.82, 2.24) is 9.97 Å². The summed E-state index contributed by atoms with van der Waals surface area (Å²) < 4.78 is 16.7. The van der Waals surface area contributed by atoms with Crippen LogP contribution in [0.25, 0.3) is 10.2 Å². The highest BCUT2D eigenvalue weighted by Crippen LogP contribution is 2.48. The summed E-state index contributed by atoms with van der Waals surface area (Å²) in [7, 11) is 2.33. The second-order valence-corrected chi connectivity index (χ2v) is 14.4. The first kappa shape index (κ1) is 27.9. The average molecular weight is 608 g/mol. The number of fused-ring (bicyclic) bond motifs is 1. The number of benzene rings is 1. The zero-order chi connectivity index (χ0) is 28.4. The highest BCUT2D eigenvalue weighted by Gasteiger charge is 2.56. The van der Waals surface area contributed by atoms with Crippen molar-refractivity contribution >= 4 is 61.5 Å². The van der Waals surface area contributed by atoms with E-state index in [1.807, 2.05) is 19.9 Å².